The molecule has 15 heteroatoms. The number of halogens is 3. The van der Waals surface area contributed by atoms with Gasteiger partial charge in [-0.25, -0.2) is 9.59 Å². The van der Waals surface area contributed by atoms with Crippen LogP contribution in [0.2, 0.25) is 0 Å². The summed E-state index contributed by atoms with van der Waals surface area (Å²) in [4.78, 5) is 79.3. The van der Waals surface area contributed by atoms with Crippen molar-refractivity contribution in [1.29, 1.82) is 0 Å². The molecule has 0 aromatic carbocycles. The molecule has 0 aromatic heterocycles. The quantitative estimate of drug-likeness (QED) is 0.161. The van der Waals surface area contributed by atoms with E-state index in [0.717, 1.165) is 12.8 Å². The van der Waals surface area contributed by atoms with Gasteiger partial charge in [0.15, 0.2) is 0 Å². The minimum absolute atomic E-state index is 0.00619. The van der Waals surface area contributed by atoms with Gasteiger partial charge in [-0.05, 0) is 54.3 Å². The maximum Gasteiger partial charge on any atom is 0.389 e. The van der Waals surface area contributed by atoms with Gasteiger partial charge >= 0.3 is 18.2 Å². The van der Waals surface area contributed by atoms with Gasteiger partial charge in [-0.15, -0.1) is 0 Å². The molecule has 12 nitrogen and oxygen atoms in total. The molecule has 1 saturated carbocycles. The molecule has 0 radical (unpaired) electrons. The van der Waals surface area contributed by atoms with Crippen molar-refractivity contribution in [3.8, 4) is 0 Å². The fourth-order valence-electron chi connectivity index (χ4n) is 5.49. The lowest BCUT2D eigenvalue weighted by Gasteiger charge is -2.37. The molecule has 268 valence electrons. The number of ether oxygens (including phenoxy) is 1. The number of alkyl halides is 3. The van der Waals surface area contributed by atoms with Crippen LogP contribution in [-0.2, 0) is 28.7 Å². The second kappa shape index (κ2) is 15.2. The van der Waals surface area contributed by atoms with Gasteiger partial charge in [-0.2, -0.15) is 13.2 Å². The van der Waals surface area contributed by atoms with Crippen molar-refractivity contribution < 1.29 is 46.7 Å². The summed E-state index contributed by atoms with van der Waals surface area (Å²) in [6, 6.07) is -4.28. The molecular formula is C32H52F3N5O7. The van der Waals surface area contributed by atoms with E-state index in [1.807, 2.05) is 13.8 Å². The molecule has 2 aliphatic rings. The third kappa shape index (κ3) is 12.0. The molecule has 0 spiro atoms. The van der Waals surface area contributed by atoms with Crippen LogP contribution in [0.1, 0.15) is 93.9 Å². The van der Waals surface area contributed by atoms with Gasteiger partial charge < -0.3 is 36.1 Å². The second-order valence-electron chi connectivity index (χ2n) is 15.6. The number of carbonyl (C=O) groups excluding carboxylic acids is 6. The molecule has 2 fully saturated rings. The lowest BCUT2D eigenvalue weighted by atomic mass is 9.85. The van der Waals surface area contributed by atoms with Crippen molar-refractivity contribution in [1.82, 2.24) is 20.9 Å². The highest BCUT2D eigenvalue weighted by molar-refractivity contribution is 5.95. The summed E-state index contributed by atoms with van der Waals surface area (Å²) in [6.07, 6.45) is -5.78. The van der Waals surface area contributed by atoms with E-state index < -0.39 is 89.7 Å². The van der Waals surface area contributed by atoms with Crippen LogP contribution >= 0.6 is 0 Å². The lowest BCUT2D eigenvalue weighted by Crippen LogP contribution is -2.62. The Kier molecular flexibility index (Phi) is 12.9. The van der Waals surface area contributed by atoms with Crippen LogP contribution in [0.15, 0.2) is 0 Å². The van der Waals surface area contributed by atoms with Gasteiger partial charge in [-0.1, -0.05) is 55.4 Å². The first kappa shape index (κ1) is 39.8. The first-order valence-electron chi connectivity index (χ1n) is 16.1. The van der Waals surface area contributed by atoms with E-state index in [2.05, 4.69) is 16.0 Å². The summed E-state index contributed by atoms with van der Waals surface area (Å²) in [5.74, 6) is -3.14. The fraction of sp³-hybridized carbons (Fsp3) is 0.812. The highest BCUT2D eigenvalue weighted by Gasteiger charge is 2.48. The number of aldehydes is 1. The predicted octanol–water partition coefficient (Wildman–Crippen LogP) is 3.21. The summed E-state index contributed by atoms with van der Waals surface area (Å²) in [7, 11) is 0. The molecular weight excluding hydrogens is 623 g/mol. The molecule has 5 N–H and O–H groups in total. The second-order valence-corrected chi connectivity index (χ2v) is 15.6. The number of amides is 5. The number of urea groups is 1. The predicted molar refractivity (Wildman–Crippen MR) is 166 cm³/mol. The minimum atomic E-state index is -4.68. The summed E-state index contributed by atoms with van der Waals surface area (Å²) < 4.78 is 44.8. The molecule has 2 rings (SSSR count). The maximum atomic E-state index is 14.2. The molecule has 1 heterocycles. The lowest BCUT2D eigenvalue weighted by molar-refractivity contribution is -0.149. The van der Waals surface area contributed by atoms with Gasteiger partial charge in [0.25, 0.3) is 0 Å². The normalized spacial score (nSPS) is 21.3. The molecule has 1 unspecified atom stereocenters. The third-order valence-electron chi connectivity index (χ3n) is 8.73. The molecule has 0 aromatic rings. The van der Waals surface area contributed by atoms with Crippen molar-refractivity contribution >= 4 is 36.0 Å². The Bertz CT molecular complexity index is 1180. The van der Waals surface area contributed by atoms with Crippen LogP contribution < -0.4 is 21.7 Å². The zero-order valence-corrected chi connectivity index (χ0v) is 28.7. The number of hydrogen-bond donors (Lipinski definition) is 4. The highest BCUT2D eigenvalue weighted by atomic mass is 19.4. The van der Waals surface area contributed by atoms with Crippen LogP contribution in [0, 0.1) is 28.6 Å². The third-order valence-corrected chi connectivity index (χ3v) is 8.73. The van der Waals surface area contributed by atoms with Gasteiger partial charge in [0.05, 0.1) is 13.0 Å². The van der Waals surface area contributed by atoms with Crippen LogP contribution in [0.25, 0.3) is 0 Å². The van der Waals surface area contributed by atoms with Crippen molar-refractivity contribution in [2.45, 2.75) is 124 Å². The monoisotopic (exact) mass is 675 g/mol. The zero-order chi connectivity index (χ0) is 36.1. The van der Waals surface area contributed by atoms with Crippen molar-refractivity contribution in [3.05, 3.63) is 0 Å². The smallest absolute Gasteiger partial charge is 0.389 e. The number of rotatable bonds is 14. The minimum Gasteiger partial charge on any atom is -0.464 e. The van der Waals surface area contributed by atoms with Gasteiger partial charge in [0.2, 0.25) is 17.7 Å². The van der Waals surface area contributed by atoms with E-state index in [0.29, 0.717) is 5.92 Å². The van der Waals surface area contributed by atoms with Crippen molar-refractivity contribution in [2.75, 3.05) is 13.2 Å². The summed E-state index contributed by atoms with van der Waals surface area (Å²) in [5, 5.41) is 7.63. The molecule has 5 atom stereocenters. The SMILES string of the molecule is CC(C)[C@@H]1C[C@@H](C(=O)NC(C=O)(CCC(F)(F)F)CC(N)=O)N(C(=O)[C@@H](NC(=O)N[C@H](C(=O)OCC2CC2)C(C)(C)C)C(C)(C)C)C1. The number of primary amides is 1. The summed E-state index contributed by atoms with van der Waals surface area (Å²) in [5.41, 5.74) is 1.37. The summed E-state index contributed by atoms with van der Waals surface area (Å²) >= 11 is 0. The topological polar surface area (TPSA) is 177 Å². The number of nitrogens with zero attached hydrogens (tertiary/aromatic N) is 1. The van der Waals surface area contributed by atoms with Crippen molar-refractivity contribution in [3.63, 3.8) is 0 Å². The van der Waals surface area contributed by atoms with Crippen LogP contribution in [0.4, 0.5) is 18.0 Å². The van der Waals surface area contributed by atoms with E-state index in [1.54, 1.807) is 41.5 Å². The average Bonchev–Trinajstić information content (AvgIpc) is 3.64. The Labute approximate surface area is 274 Å². The Balaban J connectivity index is 2.35. The molecule has 47 heavy (non-hydrogen) atoms. The first-order chi connectivity index (χ1) is 21.4. The van der Waals surface area contributed by atoms with Crippen molar-refractivity contribution in [2.24, 2.45) is 34.3 Å². The maximum absolute atomic E-state index is 14.2. The number of hydrogen-bond acceptors (Lipinski definition) is 7. The van der Waals surface area contributed by atoms with Crippen LogP contribution in [-0.4, -0.2) is 83.9 Å². The molecule has 0 bridgehead atoms. The molecule has 5 amide bonds. The van der Waals surface area contributed by atoms with E-state index in [-0.39, 0.29) is 37.7 Å². The number of esters is 1. The number of likely N-dealkylation sites (tertiary alicyclic amines) is 1. The van der Waals surface area contributed by atoms with E-state index in [9.17, 15) is 41.9 Å². The molecule has 1 aliphatic carbocycles. The van der Waals surface area contributed by atoms with Crippen LogP contribution in [0.3, 0.4) is 0 Å². The van der Waals surface area contributed by atoms with Crippen LogP contribution in [0.5, 0.6) is 0 Å². The summed E-state index contributed by atoms with van der Waals surface area (Å²) in [6.45, 7) is 14.5. The van der Waals surface area contributed by atoms with E-state index in [1.165, 1.54) is 4.90 Å². The standard InChI is InChI=1S/C32H52F3N5O7/c1-18(2)20-13-21(25(43)39-31(17-41,14-22(36)42)11-12-32(33,34)35)40(15-20)26(44)23(29(3,4)5)37-28(46)38-24(30(6,7)8)27(45)47-16-19-9-10-19/h17-21,23-24H,9-16H2,1-8H3,(H2,36,42)(H,39,43)(H2,37,38,46)/t20-,21+,23-,24-,31?/m1/s1. The Hall–Kier alpha value is -3.39. The molecule has 1 saturated heterocycles. The first-order valence-corrected chi connectivity index (χ1v) is 16.1. The average molecular weight is 676 g/mol. The van der Waals surface area contributed by atoms with Gasteiger partial charge in [0.1, 0.15) is 30.0 Å². The number of carbonyl (C=O) groups is 6. The Morgan fingerprint density at radius 3 is 1.94 bits per heavy atom. The zero-order valence-electron chi connectivity index (χ0n) is 28.7. The largest absolute Gasteiger partial charge is 0.464 e. The molecule has 1 aliphatic heterocycles. The van der Waals surface area contributed by atoms with Gasteiger partial charge in [0, 0.05) is 13.0 Å². The van der Waals surface area contributed by atoms with Gasteiger partial charge in [-0.3, -0.25) is 14.4 Å². The number of nitrogens with one attached hydrogen (secondary N) is 3. The van der Waals surface area contributed by atoms with E-state index in [4.69, 9.17) is 10.5 Å². The highest BCUT2D eigenvalue weighted by Crippen LogP contribution is 2.34. The number of nitrogens with two attached hydrogens (primary N) is 1. The Morgan fingerprint density at radius 1 is 0.936 bits per heavy atom. The van der Waals surface area contributed by atoms with E-state index >= 15 is 0 Å². The Morgan fingerprint density at radius 2 is 1.49 bits per heavy atom. The fourth-order valence-corrected chi connectivity index (χ4v) is 5.49.